The van der Waals surface area contributed by atoms with Gasteiger partial charge < -0.3 is 25.3 Å². The number of pyridine rings is 1. The highest BCUT2D eigenvalue weighted by molar-refractivity contribution is 8.13. The molecule has 2 unspecified atom stereocenters. The summed E-state index contributed by atoms with van der Waals surface area (Å²) in [6.45, 7) is 0.633. The van der Waals surface area contributed by atoms with Gasteiger partial charge in [0.1, 0.15) is 17.3 Å². The first kappa shape index (κ1) is 21.4. The molecule has 33 heavy (non-hydrogen) atoms. The summed E-state index contributed by atoms with van der Waals surface area (Å²) in [7, 11) is 0. The Kier molecular flexibility index (Phi) is 5.10. The van der Waals surface area contributed by atoms with E-state index < -0.39 is 17.7 Å². The van der Waals surface area contributed by atoms with Crippen molar-refractivity contribution in [1.29, 1.82) is 5.26 Å². The molecular formula is C21H17F2N5O4S. The molecule has 12 heteroatoms. The van der Waals surface area contributed by atoms with Crippen LogP contribution in [0.5, 0.6) is 11.5 Å². The van der Waals surface area contributed by atoms with Crippen molar-refractivity contribution in [2.75, 3.05) is 24.3 Å². The number of thioether (sulfide) groups is 1. The van der Waals surface area contributed by atoms with E-state index in [1.165, 1.54) is 42.2 Å². The van der Waals surface area contributed by atoms with Gasteiger partial charge in [0.2, 0.25) is 0 Å². The molecular weight excluding hydrogens is 456 g/mol. The van der Waals surface area contributed by atoms with Crippen LogP contribution in [0.3, 0.4) is 0 Å². The fraction of sp³-hybridized carbons (Fsp3) is 0.333. The number of amides is 1. The minimum absolute atomic E-state index is 0.0448. The van der Waals surface area contributed by atoms with Crippen LogP contribution in [0.25, 0.3) is 0 Å². The number of nitriles is 1. The lowest BCUT2D eigenvalue weighted by Gasteiger charge is -2.44. The molecule has 1 amide bonds. The summed E-state index contributed by atoms with van der Waals surface area (Å²) < 4.78 is 43.3. The fourth-order valence-corrected chi connectivity index (χ4v) is 5.20. The number of nitrogens with one attached hydrogen (secondary N) is 1. The number of fused-ring (bicyclic) bond motifs is 2. The molecule has 5 rings (SSSR count). The number of halogens is 2. The van der Waals surface area contributed by atoms with Crippen LogP contribution in [0, 0.1) is 17.2 Å². The lowest BCUT2D eigenvalue weighted by Crippen LogP contribution is -2.47. The number of hydrogen-bond acceptors (Lipinski definition) is 9. The Hall–Kier alpha value is -3.43. The van der Waals surface area contributed by atoms with Gasteiger partial charge in [0.15, 0.2) is 16.7 Å². The molecule has 3 aliphatic rings. The van der Waals surface area contributed by atoms with Crippen LogP contribution in [0.2, 0.25) is 0 Å². The van der Waals surface area contributed by atoms with Crippen LogP contribution in [-0.4, -0.2) is 41.3 Å². The van der Waals surface area contributed by atoms with Gasteiger partial charge >= 0.3 is 6.29 Å². The number of rotatable bonds is 3. The molecule has 1 aromatic carbocycles. The summed E-state index contributed by atoms with van der Waals surface area (Å²) in [6, 6.07) is 7.54. The normalized spacial score (nSPS) is 24.9. The second-order valence-electron chi connectivity index (χ2n) is 7.74. The van der Waals surface area contributed by atoms with E-state index in [1.807, 2.05) is 6.07 Å². The van der Waals surface area contributed by atoms with Crippen LogP contribution in [0.1, 0.15) is 28.0 Å². The number of nitrogens with zero attached hydrogens (tertiary/aromatic N) is 3. The zero-order valence-electron chi connectivity index (χ0n) is 17.0. The average molecular weight is 473 g/mol. The minimum Gasteiger partial charge on any atom is -0.395 e. The van der Waals surface area contributed by atoms with Gasteiger partial charge in [-0.2, -0.15) is 5.26 Å². The summed E-state index contributed by atoms with van der Waals surface area (Å²) in [6.07, 6.45) is -1.95. The molecule has 1 aromatic heterocycles. The molecule has 1 saturated heterocycles. The van der Waals surface area contributed by atoms with Crippen molar-refractivity contribution in [3.63, 3.8) is 0 Å². The number of alkyl halides is 2. The summed E-state index contributed by atoms with van der Waals surface area (Å²) in [5.74, 6) is -0.389. The van der Waals surface area contributed by atoms with E-state index >= 15 is 0 Å². The third kappa shape index (κ3) is 3.83. The number of amidine groups is 1. The molecule has 0 radical (unpaired) electrons. The standard InChI is InChI=1S/C21H17F2N5O4S/c22-21(23)31-16-6-13(27-18(29)15-2-1-11(7-24)8-26-15)5-14(17(16)32-21)20-10-30-4-3-12(20)9-33-19(25)28-20/h1-2,5-6,8,12H,3-4,9-10H2,(H2,25,28)(H,27,29). The molecule has 1 fully saturated rings. The van der Waals surface area contributed by atoms with E-state index in [2.05, 4.69) is 15.3 Å². The molecule has 0 spiro atoms. The topological polar surface area (TPSA) is 132 Å². The van der Waals surface area contributed by atoms with Crippen LogP contribution in [0.4, 0.5) is 14.5 Å². The third-order valence-electron chi connectivity index (χ3n) is 5.70. The SMILES string of the molecule is N#Cc1ccc(C(=O)Nc2cc3c(c(C45COCCC4CSC(N)=N5)c2)OC(F)(F)O3)nc1. The monoisotopic (exact) mass is 473 g/mol. The van der Waals surface area contributed by atoms with Crippen LogP contribution < -0.4 is 20.5 Å². The number of anilines is 1. The Bertz CT molecular complexity index is 1200. The molecule has 9 nitrogen and oxygen atoms in total. The van der Waals surface area contributed by atoms with Gasteiger partial charge in [-0.25, -0.2) is 9.98 Å². The Morgan fingerprint density at radius 1 is 1.33 bits per heavy atom. The highest BCUT2D eigenvalue weighted by Crippen LogP contribution is 2.54. The van der Waals surface area contributed by atoms with E-state index in [9.17, 15) is 13.6 Å². The van der Waals surface area contributed by atoms with Gasteiger partial charge in [0.05, 0.1) is 12.2 Å². The van der Waals surface area contributed by atoms with Gasteiger partial charge in [0, 0.05) is 41.8 Å². The smallest absolute Gasteiger partial charge is 0.395 e. The first-order valence-electron chi connectivity index (χ1n) is 9.97. The van der Waals surface area contributed by atoms with Crippen molar-refractivity contribution < 1.29 is 27.8 Å². The third-order valence-corrected chi connectivity index (χ3v) is 6.66. The first-order valence-corrected chi connectivity index (χ1v) is 11.0. The zero-order chi connectivity index (χ0) is 23.2. The van der Waals surface area contributed by atoms with Crippen LogP contribution in [-0.2, 0) is 10.3 Å². The largest absolute Gasteiger partial charge is 0.586 e. The van der Waals surface area contributed by atoms with Gasteiger partial charge in [-0.3, -0.25) is 4.79 Å². The highest BCUT2D eigenvalue weighted by Gasteiger charge is 2.52. The predicted molar refractivity (Wildman–Crippen MR) is 114 cm³/mol. The van der Waals surface area contributed by atoms with Crippen molar-refractivity contribution in [1.82, 2.24) is 4.98 Å². The number of carbonyl (C=O) groups is 1. The maximum atomic E-state index is 14.0. The Labute approximate surface area is 190 Å². The predicted octanol–water partition coefficient (Wildman–Crippen LogP) is 2.82. The molecule has 0 bridgehead atoms. The maximum absolute atomic E-state index is 14.0. The molecule has 3 aliphatic heterocycles. The van der Waals surface area contributed by atoms with E-state index in [-0.39, 0.29) is 35.4 Å². The van der Waals surface area contributed by atoms with Crippen molar-refractivity contribution in [2.24, 2.45) is 16.6 Å². The number of benzene rings is 1. The Morgan fingerprint density at radius 3 is 2.94 bits per heavy atom. The van der Waals surface area contributed by atoms with Gasteiger partial charge in [-0.1, -0.05) is 11.8 Å². The summed E-state index contributed by atoms with van der Waals surface area (Å²) in [5.41, 5.74) is 5.79. The van der Waals surface area contributed by atoms with Crippen molar-refractivity contribution in [3.05, 3.63) is 47.3 Å². The van der Waals surface area contributed by atoms with Crippen molar-refractivity contribution in [3.8, 4) is 17.6 Å². The lowest BCUT2D eigenvalue weighted by atomic mass is 9.76. The Morgan fingerprint density at radius 2 is 2.18 bits per heavy atom. The number of hydrogen-bond donors (Lipinski definition) is 2. The number of aliphatic imine (C=N–C) groups is 1. The van der Waals surface area contributed by atoms with E-state index in [1.54, 1.807) is 0 Å². The minimum atomic E-state index is -3.87. The second kappa shape index (κ2) is 7.86. The van der Waals surface area contributed by atoms with E-state index in [0.717, 1.165) is 0 Å². The van der Waals surface area contributed by atoms with Gasteiger partial charge in [0.25, 0.3) is 5.91 Å². The number of nitrogens with two attached hydrogens (primary N) is 1. The molecule has 170 valence electrons. The number of ether oxygens (including phenoxy) is 3. The summed E-state index contributed by atoms with van der Waals surface area (Å²) in [5, 5.41) is 11.9. The van der Waals surface area contributed by atoms with Crippen LogP contribution in [0.15, 0.2) is 35.5 Å². The molecule has 2 atom stereocenters. The highest BCUT2D eigenvalue weighted by atomic mass is 32.2. The lowest BCUT2D eigenvalue weighted by molar-refractivity contribution is -0.287. The van der Waals surface area contributed by atoms with Crippen LogP contribution >= 0.6 is 11.8 Å². The number of aromatic nitrogens is 1. The molecule has 0 aliphatic carbocycles. The average Bonchev–Trinajstić information content (AvgIpc) is 3.11. The Balaban J connectivity index is 1.58. The summed E-state index contributed by atoms with van der Waals surface area (Å²) >= 11 is 1.40. The molecule has 4 heterocycles. The van der Waals surface area contributed by atoms with Gasteiger partial charge in [-0.05, 0) is 24.6 Å². The van der Waals surface area contributed by atoms with Gasteiger partial charge in [-0.15, -0.1) is 8.78 Å². The second-order valence-corrected chi connectivity index (χ2v) is 8.78. The van der Waals surface area contributed by atoms with Crippen molar-refractivity contribution in [2.45, 2.75) is 18.3 Å². The molecule has 3 N–H and O–H groups in total. The van der Waals surface area contributed by atoms with E-state index in [0.29, 0.717) is 35.1 Å². The maximum Gasteiger partial charge on any atom is 0.586 e. The first-order chi connectivity index (χ1) is 15.8. The molecule has 2 aromatic rings. The fourth-order valence-electron chi connectivity index (χ4n) is 4.16. The van der Waals surface area contributed by atoms with Crippen molar-refractivity contribution >= 4 is 28.5 Å². The zero-order valence-corrected chi connectivity index (χ0v) is 17.8. The summed E-state index contributed by atoms with van der Waals surface area (Å²) in [4.78, 5) is 21.3. The van der Waals surface area contributed by atoms with E-state index in [4.69, 9.17) is 25.2 Å². The number of carbonyl (C=O) groups excluding carboxylic acids is 1. The molecule has 0 saturated carbocycles. The quantitative estimate of drug-likeness (QED) is 0.696.